The van der Waals surface area contributed by atoms with Crippen LogP contribution in [0.3, 0.4) is 0 Å². The molecule has 2 heterocycles. The summed E-state index contributed by atoms with van der Waals surface area (Å²) < 4.78 is 36.2. The largest absolute Gasteiger partial charge is 1.00 e. The minimum absolute atomic E-state index is 0. The van der Waals surface area contributed by atoms with Gasteiger partial charge in [0.25, 0.3) is 0 Å². The second kappa shape index (κ2) is 9.66. The van der Waals surface area contributed by atoms with E-state index in [1.165, 1.54) is 0 Å². The maximum Gasteiger partial charge on any atom is 1.00 e. The Morgan fingerprint density at radius 1 is 1.19 bits per heavy atom. The molecule has 3 rings (SSSR count). The average Bonchev–Trinajstić information content (AvgIpc) is 3.07. The molecular formula is C18H22N3NaO4S. The van der Waals surface area contributed by atoms with E-state index in [1.807, 2.05) is 19.1 Å². The normalized spacial score (nSPS) is 11.3. The Morgan fingerprint density at radius 2 is 1.96 bits per heavy atom. The van der Waals surface area contributed by atoms with Gasteiger partial charge in [-0.05, 0) is 25.1 Å². The zero-order valence-corrected chi connectivity index (χ0v) is 18.5. The summed E-state index contributed by atoms with van der Waals surface area (Å²) in [6, 6.07) is 8.93. The average molecular weight is 399 g/mol. The Labute approximate surface area is 182 Å². The number of aromatic amines is 1. The molecule has 0 amide bonds. The SMILES string of the molecule is COCCCOc1ccnc(CS(=O)(=O)c2nc3ccccc3[nH]2)c1C.[H-].[Na+]. The minimum Gasteiger partial charge on any atom is -1.00 e. The van der Waals surface area contributed by atoms with Gasteiger partial charge in [0.1, 0.15) is 11.5 Å². The zero-order chi connectivity index (χ0) is 18.6. The van der Waals surface area contributed by atoms with Gasteiger partial charge in [-0.15, -0.1) is 0 Å². The van der Waals surface area contributed by atoms with E-state index in [0.29, 0.717) is 41.3 Å². The van der Waals surface area contributed by atoms with Crippen LogP contribution in [0.2, 0.25) is 0 Å². The Bertz CT molecular complexity index is 978. The van der Waals surface area contributed by atoms with Gasteiger partial charge in [0.05, 0.1) is 23.3 Å². The first kappa shape index (κ1) is 21.8. The van der Waals surface area contributed by atoms with Gasteiger partial charge in [-0.2, -0.15) is 0 Å². The van der Waals surface area contributed by atoms with Crippen molar-refractivity contribution in [3.8, 4) is 5.75 Å². The maximum atomic E-state index is 12.7. The first-order chi connectivity index (χ1) is 12.5. The number of rotatable bonds is 8. The molecule has 140 valence electrons. The van der Waals surface area contributed by atoms with Gasteiger partial charge < -0.3 is 15.9 Å². The molecule has 0 spiro atoms. The molecule has 0 atom stereocenters. The summed E-state index contributed by atoms with van der Waals surface area (Å²) in [5, 5.41) is -0.0497. The Balaban J connectivity index is 0.00000196. The molecular weight excluding hydrogens is 377 g/mol. The van der Waals surface area contributed by atoms with E-state index in [1.54, 1.807) is 31.5 Å². The third-order valence-corrected chi connectivity index (χ3v) is 5.43. The Kier molecular flexibility index (Phi) is 7.81. The molecule has 27 heavy (non-hydrogen) atoms. The molecule has 0 unspecified atom stereocenters. The summed E-state index contributed by atoms with van der Waals surface area (Å²) >= 11 is 0. The molecule has 2 aromatic heterocycles. The van der Waals surface area contributed by atoms with Crippen molar-refractivity contribution in [1.29, 1.82) is 0 Å². The number of benzene rings is 1. The van der Waals surface area contributed by atoms with E-state index in [0.717, 1.165) is 6.42 Å². The fourth-order valence-electron chi connectivity index (χ4n) is 2.57. The fourth-order valence-corrected chi connectivity index (χ4v) is 3.86. The van der Waals surface area contributed by atoms with Crippen LogP contribution in [0.5, 0.6) is 5.75 Å². The number of para-hydroxylation sites is 2. The molecule has 0 aliphatic carbocycles. The number of nitrogens with one attached hydrogen (secondary N) is 1. The van der Waals surface area contributed by atoms with Crippen molar-refractivity contribution in [2.24, 2.45) is 0 Å². The van der Waals surface area contributed by atoms with E-state index >= 15 is 0 Å². The quantitative estimate of drug-likeness (QED) is 0.416. The van der Waals surface area contributed by atoms with Gasteiger partial charge in [0.15, 0.2) is 0 Å². The van der Waals surface area contributed by atoms with E-state index in [2.05, 4.69) is 15.0 Å². The van der Waals surface area contributed by atoms with Crippen LogP contribution >= 0.6 is 0 Å². The second-order valence-electron chi connectivity index (χ2n) is 5.89. The van der Waals surface area contributed by atoms with Crippen LogP contribution in [0.25, 0.3) is 11.0 Å². The molecule has 0 fully saturated rings. The van der Waals surface area contributed by atoms with Crippen molar-refractivity contribution in [1.82, 2.24) is 15.0 Å². The van der Waals surface area contributed by atoms with Crippen LogP contribution in [0.4, 0.5) is 0 Å². The minimum atomic E-state index is -3.65. The van der Waals surface area contributed by atoms with E-state index in [-0.39, 0.29) is 41.9 Å². The number of nitrogens with zero attached hydrogens (tertiary/aromatic N) is 2. The van der Waals surface area contributed by atoms with Crippen LogP contribution in [-0.4, -0.2) is 43.7 Å². The number of aromatic nitrogens is 3. The third-order valence-electron chi connectivity index (χ3n) is 4.00. The Hall–Kier alpha value is -1.45. The van der Waals surface area contributed by atoms with Crippen LogP contribution in [-0.2, 0) is 20.3 Å². The molecule has 0 saturated heterocycles. The number of pyridine rings is 1. The summed E-state index contributed by atoms with van der Waals surface area (Å²) in [4.78, 5) is 11.3. The number of hydrogen-bond acceptors (Lipinski definition) is 6. The molecule has 0 radical (unpaired) electrons. The van der Waals surface area contributed by atoms with Crippen molar-refractivity contribution in [3.05, 3.63) is 47.8 Å². The fraction of sp³-hybridized carbons (Fsp3) is 0.333. The van der Waals surface area contributed by atoms with Gasteiger partial charge in [-0.3, -0.25) is 4.98 Å². The first-order valence-corrected chi connectivity index (χ1v) is 9.90. The second-order valence-corrected chi connectivity index (χ2v) is 7.80. The van der Waals surface area contributed by atoms with E-state index < -0.39 is 9.84 Å². The molecule has 0 bridgehead atoms. The topological polar surface area (TPSA) is 94.2 Å². The molecule has 0 aliphatic heterocycles. The molecule has 1 aromatic carbocycles. The molecule has 0 saturated carbocycles. The standard InChI is InChI=1S/C18H21N3O4S.Na.H/c1-13-16(19-9-8-17(13)25-11-5-10-24-2)12-26(22,23)18-20-14-6-3-4-7-15(14)21-18;;/h3-4,6-9H,5,10-12H2,1-2H3,(H,20,21);;/q;+1;-1. The number of hydrogen-bond donors (Lipinski definition) is 1. The van der Waals surface area contributed by atoms with Crippen molar-refractivity contribution < 1.29 is 48.9 Å². The monoisotopic (exact) mass is 399 g/mol. The van der Waals surface area contributed by atoms with Gasteiger partial charge in [0.2, 0.25) is 15.0 Å². The summed E-state index contributed by atoms with van der Waals surface area (Å²) in [5.74, 6) is 0.388. The number of ether oxygens (including phenoxy) is 2. The van der Waals surface area contributed by atoms with Gasteiger partial charge in [-0.1, -0.05) is 12.1 Å². The number of methoxy groups -OCH3 is 1. The van der Waals surface area contributed by atoms with Crippen molar-refractivity contribution in [3.63, 3.8) is 0 Å². The van der Waals surface area contributed by atoms with Gasteiger partial charge >= 0.3 is 29.6 Å². The molecule has 1 N–H and O–H groups in total. The predicted molar refractivity (Wildman–Crippen MR) is 99.1 cm³/mol. The summed E-state index contributed by atoms with van der Waals surface area (Å²) in [6.07, 6.45) is 2.31. The van der Waals surface area contributed by atoms with Crippen LogP contribution in [0.1, 0.15) is 19.1 Å². The third kappa shape index (κ3) is 5.30. The van der Waals surface area contributed by atoms with Gasteiger partial charge in [-0.25, -0.2) is 13.4 Å². The van der Waals surface area contributed by atoms with Crippen molar-refractivity contribution in [2.45, 2.75) is 24.3 Å². The number of fused-ring (bicyclic) bond motifs is 1. The summed E-state index contributed by atoms with van der Waals surface area (Å²) in [6.45, 7) is 2.91. The smallest absolute Gasteiger partial charge is 1.00 e. The molecule has 0 aliphatic rings. The van der Waals surface area contributed by atoms with Crippen LogP contribution < -0.4 is 34.3 Å². The van der Waals surface area contributed by atoms with Crippen LogP contribution in [0.15, 0.2) is 41.7 Å². The van der Waals surface area contributed by atoms with Crippen LogP contribution in [0, 0.1) is 6.92 Å². The zero-order valence-electron chi connectivity index (χ0n) is 16.7. The number of H-pyrrole nitrogens is 1. The van der Waals surface area contributed by atoms with E-state index in [9.17, 15) is 8.42 Å². The van der Waals surface area contributed by atoms with Crippen molar-refractivity contribution >= 4 is 20.9 Å². The molecule has 9 heteroatoms. The molecule has 7 nitrogen and oxygen atoms in total. The summed E-state index contributed by atoms with van der Waals surface area (Å²) in [7, 11) is -2.01. The predicted octanol–water partition coefficient (Wildman–Crippen LogP) is -0.228. The maximum absolute atomic E-state index is 12.7. The van der Waals surface area contributed by atoms with Crippen molar-refractivity contribution in [2.75, 3.05) is 20.3 Å². The van der Waals surface area contributed by atoms with E-state index in [4.69, 9.17) is 9.47 Å². The summed E-state index contributed by atoms with van der Waals surface area (Å²) in [5.41, 5.74) is 2.47. The first-order valence-electron chi connectivity index (χ1n) is 8.25. The number of imidazole rings is 1. The number of sulfone groups is 1. The van der Waals surface area contributed by atoms with Gasteiger partial charge in [0, 0.05) is 31.9 Å². The Morgan fingerprint density at radius 3 is 2.70 bits per heavy atom. The molecule has 3 aromatic rings.